The summed E-state index contributed by atoms with van der Waals surface area (Å²) in [5, 5.41) is 12.2. The van der Waals surface area contributed by atoms with Crippen molar-refractivity contribution in [3.8, 4) is 0 Å². The average Bonchev–Trinajstić information content (AvgIpc) is 2.83. The van der Waals surface area contributed by atoms with Crippen LogP contribution in [0.25, 0.3) is 0 Å². The van der Waals surface area contributed by atoms with Crippen LogP contribution in [0.15, 0.2) is 0 Å². The van der Waals surface area contributed by atoms with Crippen molar-refractivity contribution in [2.75, 3.05) is 13.1 Å². The summed E-state index contributed by atoms with van der Waals surface area (Å²) in [6.45, 7) is 0.742. The van der Waals surface area contributed by atoms with E-state index in [0.717, 1.165) is 12.8 Å². The monoisotopic (exact) mass is 211 g/mol. The highest BCUT2D eigenvalue weighted by molar-refractivity contribution is 4.81. The van der Waals surface area contributed by atoms with E-state index in [9.17, 15) is 18.3 Å². The van der Waals surface area contributed by atoms with Crippen LogP contribution in [-0.2, 0) is 0 Å². The highest BCUT2D eigenvalue weighted by atomic mass is 19.4. The van der Waals surface area contributed by atoms with Crippen molar-refractivity contribution in [3.05, 3.63) is 0 Å². The zero-order chi connectivity index (χ0) is 10.6. The summed E-state index contributed by atoms with van der Waals surface area (Å²) in [4.78, 5) is 0. The van der Waals surface area contributed by atoms with Crippen LogP contribution >= 0.6 is 0 Å². The van der Waals surface area contributed by atoms with Gasteiger partial charge >= 0.3 is 6.18 Å². The van der Waals surface area contributed by atoms with Gasteiger partial charge in [0.05, 0.1) is 6.10 Å². The molecule has 0 aromatic rings. The predicted octanol–water partition coefficient (Wildman–Crippen LogP) is 1.69. The number of nitrogens with one attached hydrogen (secondary N) is 1. The molecule has 0 amide bonds. The molecule has 0 saturated heterocycles. The largest absolute Gasteiger partial charge is 0.392 e. The summed E-state index contributed by atoms with van der Waals surface area (Å²) in [5.41, 5.74) is 0. The van der Waals surface area contributed by atoms with Crippen molar-refractivity contribution < 1.29 is 18.3 Å². The molecule has 5 heteroatoms. The first-order valence-corrected chi connectivity index (χ1v) is 4.94. The van der Waals surface area contributed by atoms with E-state index in [0.29, 0.717) is 19.0 Å². The number of hydrogen-bond donors (Lipinski definition) is 2. The fraction of sp³-hybridized carbons (Fsp3) is 1.00. The number of aliphatic hydroxyl groups is 1. The molecule has 1 rings (SSSR count). The third-order valence-electron chi connectivity index (χ3n) is 2.33. The van der Waals surface area contributed by atoms with Gasteiger partial charge in [0.15, 0.2) is 0 Å². The van der Waals surface area contributed by atoms with Gasteiger partial charge in [0.1, 0.15) is 0 Å². The number of alkyl halides is 3. The highest BCUT2D eigenvalue weighted by Crippen LogP contribution is 2.32. The SMILES string of the molecule is OC(CNCCCC(F)(F)F)C1CC1. The first-order valence-electron chi connectivity index (χ1n) is 4.94. The van der Waals surface area contributed by atoms with Crippen molar-refractivity contribution >= 4 is 0 Å². The molecule has 2 nitrogen and oxygen atoms in total. The van der Waals surface area contributed by atoms with E-state index < -0.39 is 12.6 Å². The molecule has 0 aliphatic heterocycles. The first kappa shape index (κ1) is 11.8. The minimum Gasteiger partial charge on any atom is -0.392 e. The summed E-state index contributed by atoms with van der Waals surface area (Å²) in [6.07, 6.45) is -3.01. The maximum Gasteiger partial charge on any atom is 0.389 e. The van der Waals surface area contributed by atoms with E-state index in [1.807, 2.05) is 0 Å². The molecule has 14 heavy (non-hydrogen) atoms. The maximum atomic E-state index is 11.7. The normalized spacial score (nSPS) is 19.7. The van der Waals surface area contributed by atoms with Crippen molar-refractivity contribution in [1.29, 1.82) is 0 Å². The summed E-state index contributed by atoms with van der Waals surface area (Å²) in [6, 6.07) is 0. The van der Waals surface area contributed by atoms with Gasteiger partial charge in [-0.05, 0) is 31.7 Å². The molecule has 1 atom stereocenters. The molecule has 2 N–H and O–H groups in total. The van der Waals surface area contributed by atoms with E-state index in [-0.39, 0.29) is 12.5 Å². The van der Waals surface area contributed by atoms with Gasteiger partial charge in [-0.3, -0.25) is 0 Å². The second-order valence-corrected chi connectivity index (χ2v) is 3.83. The quantitative estimate of drug-likeness (QED) is 0.655. The van der Waals surface area contributed by atoms with Crippen LogP contribution in [0.2, 0.25) is 0 Å². The molecule has 84 valence electrons. The number of aliphatic hydroxyl groups excluding tert-OH is 1. The molecule has 1 fully saturated rings. The van der Waals surface area contributed by atoms with E-state index in [1.165, 1.54) is 0 Å². The number of halogens is 3. The Kier molecular flexibility index (Phi) is 4.19. The molecule has 0 aromatic heterocycles. The zero-order valence-corrected chi connectivity index (χ0v) is 7.98. The zero-order valence-electron chi connectivity index (χ0n) is 7.98. The van der Waals surface area contributed by atoms with Crippen LogP contribution in [0, 0.1) is 5.92 Å². The summed E-state index contributed by atoms with van der Waals surface area (Å²) in [5.74, 6) is 0.380. The molecule has 1 unspecified atom stereocenters. The van der Waals surface area contributed by atoms with Gasteiger partial charge in [0, 0.05) is 13.0 Å². The number of rotatable bonds is 6. The average molecular weight is 211 g/mol. The molecule has 0 radical (unpaired) electrons. The van der Waals surface area contributed by atoms with Crippen LogP contribution in [0.4, 0.5) is 13.2 Å². The Morgan fingerprint density at radius 2 is 2.00 bits per heavy atom. The minimum atomic E-state index is -4.06. The lowest BCUT2D eigenvalue weighted by Gasteiger charge is -2.11. The van der Waals surface area contributed by atoms with Crippen molar-refractivity contribution in [3.63, 3.8) is 0 Å². The van der Waals surface area contributed by atoms with Crippen LogP contribution in [0.5, 0.6) is 0 Å². The van der Waals surface area contributed by atoms with Gasteiger partial charge in [0.2, 0.25) is 0 Å². The molecular formula is C9H16F3NO. The van der Waals surface area contributed by atoms with Crippen LogP contribution in [0.3, 0.4) is 0 Å². The van der Waals surface area contributed by atoms with Crippen molar-refractivity contribution in [2.24, 2.45) is 5.92 Å². The molecule has 0 spiro atoms. The third-order valence-corrected chi connectivity index (χ3v) is 2.33. The summed E-state index contributed by atoms with van der Waals surface area (Å²) >= 11 is 0. The van der Waals surface area contributed by atoms with Gasteiger partial charge in [-0.25, -0.2) is 0 Å². The van der Waals surface area contributed by atoms with Crippen molar-refractivity contribution in [2.45, 2.75) is 38.0 Å². The lowest BCUT2D eigenvalue weighted by molar-refractivity contribution is -0.135. The first-order chi connectivity index (χ1) is 6.49. The Bertz CT molecular complexity index is 168. The van der Waals surface area contributed by atoms with E-state index in [4.69, 9.17) is 0 Å². The molecule has 0 heterocycles. The van der Waals surface area contributed by atoms with Gasteiger partial charge in [-0.15, -0.1) is 0 Å². The summed E-state index contributed by atoms with van der Waals surface area (Å²) in [7, 11) is 0. The smallest absolute Gasteiger partial charge is 0.389 e. The molecule has 1 aliphatic carbocycles. The molecule has 0 aromatic carbocycles. The molecular weight excluding hydrogens is 195 g/mol. The topological polar surface area (TPSA) is 32.3 Å². The second kappa shape index (κ2) is 4.98. The fourth-order valence-electron chi connectivity index (χ4n) is 1.31. The molecule has 0 bridgehead atoms. The Morgan fingerprint density at radius 3 is 2.50 bits per heavy atom. The Morgan fingerprint density at radius 1 is 1.36 bits per heavy atom. The van der Waals surface area contributed by atoms with Crippen LogP contribution < -0.4 is 5.32 Å². The Balaban J connectivity index is 1.88. The standard InChI is InChI=1S/C9H16F3NO/c10-9(11,12)4-1-5-13-6-8(14)7-2-3-7/h7-8,13-14H,1-6H2. The second-order valence-electron chi connectivity index (χ2n) is 3.83. The summed E-state index contributed by atoms with van der Waals surface area (Å²) < 4.78 is 35.1. The highest BCUT2D eigenvalue weighted by Gasteiger charge is 2.29. The van der Waals surface area contributed by atoms with Gasteiger partial charge in [-0.1, -0.05) is 0 Å². The van der Waals surface area contributed by atoms with Crippen molar-refractivity contribution in [1.82, 2.24) is 5.32 Å². The van der Waals surface area contributed by atoms with Crippen LogP contribution in [-0.4, -0.2) is 30.5 Å². The predicted molar refractivity (Wildman–Crippen MR) is 46.9 cm³/mol. The van der Waals surface area contributed by atoms with Gasteiger partial charge in [-0.2, -0.15) is 13.2 Å². The van der Waals surface area contributed by atoms with Crippen LogP contribution in [0.1, 0.15) is 25.7 Å². The maximum absolute atomic E-state index is 11.7. The minimum absolute atomic E-state index is 0.0842. The Hall–Kier alpha value is -0.290. The van der Waals surface area contributed by atoms with E-state index in [2.05, 4.69) is 5.32 Å². The molecule has 1 aliphatic rings. The van der Waals surface area contributed by atoms with Gasteiger partial charge in [0.25, 0.3) is 0 Å². The van der Waals surface area contributed by atoms with E-state index >= 15 is 0 Å². The number of hydrogen-bond acceptors (Lipinski definition) is 2. The fourth-order valence-corrected chi connectivity index (χ4v) is 1.31. The van der Waals surface area contributed by atoms with Gasteiger partial charge < -0.3 is 10.4 Å². The van der Waals surface area contributed by atoms with E-state index in [1.54, 1.807) is 0 Å². The lowest BCUT2D eigenvalue weighted by Crippen LogP contribution is -2.29. The molecule has 1 saturated carbocycles. The third kappa shape index (κ3) is 5.44. The lowest BCUT2D eigenvalue weighted by atomic mass is 10.2. The Labute approximate surface area is 81.5 Å².